The summed E-state index contributed by atoms with van der Waals surface area (Å²) in [7, 11) is 0. The van der Waals surface area contributed by atoms with Crippen molar-refractivity contribution in [2.75, 3.05) is 32.8 Å². The normalized spacial score (nSPS) is 17.2. The second-order valence-corrected chi connectivity index (χ2v) is 4.27. The smallest absolute Gasteiger partial charge is 0.337 e. The molecule has 1 aromatic rings. The van der Waals surface area contributed by atoms with Crippen LogP contribution in [0.25, 0.3) is 0 Å². The number of aromatic carboxylic acids is 1. The van der Waals surface area contributed by atoms with Crippen LogP contribution in [-0.4, -0.2) is 53.4 Å². The molecule has 0 bridgehead atoms. The molecular formula is C12H18N2O3. The van der Waals surface area contributed by atoms with Gasteiger partial charge in [0.2, 0.25) is 0 Å². The van der Waals surface area contributed by atoms with Gasteiger partial charge in [-0.15, -0.1) is 0 Å². The molecule has 1 fully saturated rings. The van der Waals surface area contributed by atoms with Crippen molar-refractivity contribution < 1.29 is 14.6 Å². The van der Waals surface area contributed by atoms with Crippen LogP contribution in [0.4, 0.5) is 0 Å². The minimum absolute atomic E-state index is 0.395. The highest BCUT2D eigenvalue weighted by Gasteiger charge is 2.13. The number of morpholine rings is 1. The molecule has 5 heteroatoms. The Balaban J connectivity index is 1.92. The fourth-order valence-electron chi connectivity index (χ4n) is 2.09. The van der Waals surface area contributed by atoms with Crippen LogP contribution in [0.3, 0.4) is 0 Å². The minimum atomic E-state index is -0.854. The van der Waals surface area contributed by atoms with Gasteiger partial charge in [-0.1, -0.05) is 0 Å². The minimum Gasteiger partial charge on any atom is -0.478 e. The molecule has 94 valence electrons. The standard InChI is InChI=1S/C12H18N2O3/c1-10-11(12(15)16)2-3-14(10)5-4-13-6-8-17-9-7-13/h2-3H,4-9H2,1H3,(H,15,16). The zero-order valence-electron chi connectivity index (χ0n) is 10.1. The molecule has 0 amide bonds. The van der Waals surface area contributed by atoms with E-state index in [1.54, 1.807) is 6.07 Å². The average Bonchev–Trinajstić information content (AvgIpc) is 2.69. The highest BCUT2D eigenvalue weighted by Crippen LogP contribution is 2.10. The van der Waals surface area contributed by atoms with Crippen LogP contribution in [0.5, 0.6) is 0 Å². The summed E-state index contributed by atoms with van der Waals surface area (Å²) < 4.78 is 7.28. The summed E-state index contributed by atoms with van der Waals surface area (Å²) in [4.78, 5) is 13.2. The predicted molar refractivity (Wildman–Crippen MR) is 63.4 cm³/mol. The molecule has 1 aromatic heterocycles. The van der Waals surface area contributed by atoms with Gasteiger partial charge >= 0.3 is 5.97 Å². The molecule has 17 heavy (non-hydrogen) atoms. The number of carbonyl (C=O) groups is 1. The molecule has 0 aliphatic carbocycles. The van der Waals surface area contributed by atoms with Gasteiger partial charge in [-0.3, -0.25) is 4.90 Å². The third kappa shape index (κ3) is 2.87. The monoisotopic (exact) mass is 238 g/mol. The van der Waals surface area contributed by atoms with Crippen molar-refractivity contribution in [2.45, 2.75) is 13.5 Å². The van der Waals surface area contributed by atoms with Crippen molar-refractivity contribution >= 4 is 5.97 Å². The van der Waals surface area contributed by atoms with Gasteiger partial charge in [0.15, 0.2) is 0 Å². The van der Waals surface area contributed by atoms with E-state index in [4.69, 9.17) is 9.84 Å². The summed E-state index contributed by atoms with van der Waals surface area (Å²) in [5.74, 6) is -0.854. The highest BCUT2D eigenvalue weighted by atomic mass is 16.5. The van der Waals surface area contributed by atoms with Crippen LogP contribution in [0.2, 0.25) is 0 Å². The first-order valence-electron chi connectivity index (χ1n) is 5.87. The average molecular weight is 238 g/mol. The van der Waals surface area contributed by atoms with Gasteiger partial charge in [-0.25, -0.2) is 4.79 Å². The maximum Gasteiger partial charge on any atom is 0.337 e. The lowest BCUT2D eigenvalue weighted by atomic mass is 10.2. The van der Waals surface area contributed by atoms with E-state index >= 15 is 0 Å². The molecule has 1 saturated heterocycles. The number of hydrogen-bond acceptors (Lipinski definition) is 3. The Morgan fingerprint density at radius 2 is 2.12 bits per heavy atom. The molecule has 0 aromatic carbocycles. The fourth-order valence-corrected chi connectivity index (χ4v) is 2.09. The Hall–Kier alpha value is -1.33. The summed E-state index contributed by atoms with van der Waals surface area (Å²) in [6, 6.07) is 1.66. The maximum atomic E-state index is 10.9. The summed E-state index contributed by atoms with van der Waals surface area (Å²) in [5.41, 5.74) is 1.22. The summed E-state index contributed by atoms with van der Waals surface area (Å²) in [5, 5.41) is 8.96. The van der Waals surface area contributed by atoms with Gasteiger partial charge in [0.05, 0.1) is 18.8 Å². The first-order valence-corrected chi connectivity index (χ1v) is 5.87. The van der Waals surface area contributed by atoms with Gasteiger partial charge < -0.3 is 14.4 Å². The van der Waals surface area contributed by atoms with E-state index in [-0.39, 0.29) is 0 Å². The van der Waals surface area contributed by atoms with Crippen LogP contribution >= 0.6 is 0 Å². The van der Waals surface area contributed by atoms with Crippen molar-refractivity contribution in [3.8, 4) is 0 Å². The SMILES string of the molecule is Cc1c(C(=O)O)ccn1CCN1CCOCC1. The van der Waals surface area contributed by atoms with Crippen LogP contribution < -0.4 is 0 Å². The Morgan fingerprint density at radius 1 is 1.41 bits per heavy atom. The number of rotatable bonds is 4. The lowest BCUT2D eigenvalue weighted by Crippen LogP contribution is -2.38. The first-order chi connectivity index (χ1) is 8.18. The Labute approximate surface area is 101 Å². The fraction of sp³-hybridized carbons (Fsp3) is 0.583. The van der Waals surface area contributed by atoms with E-state index in [9.17, 15) is 4.79 Å². The number of aromatic nitrogens is 1. The van der Waals surface area contributed by atoms with Gasteiger partial charge in [0.25, 0.3) is 0 Å². The summed E-state index contributed by atoms with van der Waals surface area (Å²) in [6.07, 6.45) is 1.85. The number of carboxylic acids is 1. The van der Waals surface area contributed by atoms with Gasteiger partial charge in [0.1, 0.15) is 0 Å². The van der Waals surface area contributed by atoms with Crippen LogP contribution in [0.15, 0.2) is 12.3 Å². The molecule has 1 N–H and O–H groups in total. The topological polar surface area (TPSA) is 54.7 Å². The molecule has 2 rings (SSSR count). The first kappa shape index (κ1) is 12.1. The highest BCUT2D eigenvalue weighted by molar-refractivity contribution is 5.88. The second-order valence-electron chi connectivity index (χ2n) is 4.27. The predicted octanol–water partition coefficient (Wildman–Crippen LogP) is 0.827. The molecule has 2 heterocycles. The van der Waals surface area contributed by atoms with Crippen LogP contribution in [-0.2, 0) is 11.3 Å². The largest absolute Gasteiger partial charge is 0.478 e. The van der Waals surface area contributed by atoms with Crippen molar-refractivity contribution in [3.05, 3.63) is 23.5 Å². The molecule has 0 atom stereocenters. The Morgan fingerprint density at radius 3 is 2.71 bits per heavy atom. The molecule has 0 saturated carbocycles. The van der Waals surface area contributed by atoms with E-state index in [2.05, 4.69) is 4.90 Å². The second kappa shape index (κ2) is 5.33. The molecular weight excluding hydrogens is 220 g/mol. The lowest BCUT2D eigenvalue weighted by molar-refractivity contribution is 0.0363. The zero-order valence-corrected chi connectivity index (χ0v) is 10.1. The van der Waals surface area contributed by atoms with Gasteiger partial charge in [0, 0.05) is 38.1 Å². The van der Waals surface area contributed by atoms with E-state index in [1.165, 1.54) is 0 Å². The van der Waals surface area contributed by atoms with Crippen LogP contribution in [0.1, 0.15) is 16.1 Å². The van der Waals surface area contributed by atoms with E-state index in [0.29, 0.717) is 5.56 Å². The van der Waals surface area contributed by atoms with E-state index in [1.807, 2.05) is 17.7 Å². The molecule has 1 aliphatic rings. The third-order valence-corrected chi connectivity index (χ3v) is 3.23. The Kier molecular flexibility index (Phi) is 3.81. The van der Waals surface area contributed by atoms with Gasteiger partial charge in [-0.2, -0.15) is 0 Å². The van der Waals surface area contributed by atoms with E-state index < -0.39 is 5.97 Å². The number of hydrogen-bond donors (Lipinski definition) is 1. The number of ether oxygens (including phenoxy) is 1. The van der Waals surface area contributed by atoms with Crippen molar-refractivity contribution in [2.24, 2.45) is 0 Å². The van der Waals surface area contributed by atoms with E-state index in [0.717, 1.165) is 45.1 Å². The molecule has 5 nitrogen and oxygen atoms in total. The van der Waals surface area contributed by atoms with Crippen molar-refractivity contribution in [3.63, 3.8) is 0 Å². The quantitative estimate of drug-likeness (QED) is 0.844. The van der Waals surface area contributed by atoms with Gasteiger partial charge in [-0.05, 0) is 13.0 Å². The maximum absolute atomic E-state index is 10.9. The number of nitrogens with zero attached hydrogens (tertiary/aromatic N) is 2. The summed E-state index contributed by atoms with van der Waals surface area (Å²) >= 11 is 0. The molecule has 0 radical (unpaired) electrons. The Bertz CT molecular complexity index is 394. The number of carboxylic acid groups (broad SMARTS) is 1. The molecule has 0 spiro atoms. The van der Waals surface area contributed by atoms with Crippen molar-refractivity contribution in [1.29, 1.82) is 0 Å². The third-order valence-electron chi connectivity index (χ3n) is 3.23. The lowest BCUT2D eigenvalue weighted by Gasteiger charge is -2.26. The molecule has 0 unspecified atom stereocenters. The zero-order chi connectivity index (χ0) is 12.3. The van der Waals surface area contributed by atoms with Crippen molar-refractivity contribution in [1.82, 2.24) is 9.47 Å². The molecule has 1 aliphatic heterocycles. The van der Waals surface area contributed by atoms with Crippen LogP contribution in [0, 0.1) is 6.92 Å². The summed E-state index contributed by atoms with van der Waals surface area (Å²) in [6.45, 7) is 7.15.